The molecule has 1 aliphatic heterocycles. The molecule has 92 valence electrons. The van der Waals surface area contributed by atoms with Gasteiger partial charge in [0.25, 0.3) is 0 Å². The summed E-state index contributed by atoms with van der Waals surface area (Å²) in [6, 6.07) is 0. The van der Waals surface area contributed by atoms with Crippen LogP contribution in [-0.4, -0.2) is 46.7 Å². The first kappa shape index (κ1) is 13.0. The normalized spacial score (nSPS) is 20.6. The second kappa shape index (κ2) is 5.30. The molecule has 1 rings (SSSR count). The van der Waals surface area contributed by atoms with E-state index in [0.29, 0.717) is 12.8 Å². The third-order valence-electron chi connectivity index (χ3n) is 3.42. The van der Waals surface area contributed by atoms with Gasteiger partial charge in [-0.05, 0) is 37.9 Å². The minimum Gasteiger partial charge on any atom is -0.481 e. The number of hydrogen-bond donors (Lipinski definition) is 2. The van der Waals surface area contributed by atoms with Gasteiger partial charge in [0, 0.05) is 0 Å². The maximum atomic E-state index is 10.8. The summed E-state index contributed by atoms with van der Waals surface area (Å²) in [6.07, 6.45) is 1.27. The summed E-state index contributed by atoms with van der Waals surface area (Å²) in [6.45, 7) is 4.60. The second-order valence-corrected chi connectivity index (χ2v) is 4.58. The molecule has 5 nitrogen and oxygen atoms in total. The first-order chi connectivity index (χ1) is 7.47. The maximum Gasteiger partial charge on any atom is 0.303 e. The average Bonchev–Trinajstić information content (AvgIpc) is 2.16. The minimum atomic E-state index is -0.897. The Bertz CT molecular complexity index is 251. The molecule has 0 aromatic carbocycles. The van der Waals surface area contributed by atoms with Crippen molar-refractivity contribution in [2.24, 2.45) is 5.41 Å². The number of aliphatic carboxylic acids is 2. The second-order valence-electron chi connectivity index (χ2n) is 4.58. The fourth-order valence-electron chi connectivity index (χ4n) is 2.40. The third-order valence-corrected chi connectivity index (χ3v) is 3.42. The SMILES string of the molecule is CCN1CCC(CC(=O)O)(CC(=O)O)CC1. The van der Waals surface area contributed by atoms with E-state index in [9.17, 15) is 9.59 Å². The highest BCUT2D eigenvalue weighted by Gasteiger charge is 2.38. The van der Waals surface area contributed by atoms with Gasteiger partial charge in [-0.1, -0.05) is 6.92 Å². The van der Waals surface area contributed by atoms with E-state index in [-0.39, 0.29) is 12.8 Å². The van der Waals surface area contributed by atoms with Crippen molar-refractivity contribution in [3.8, 4) is 0 Å². The van der Waals surface area contributed by atoms with Gasteiger partial charge >= 0.3 is 11.9 Å². The fourth-order valence-corrected chi connectivity index (χ4v) is 2.40. The summed E-state index contributed by atoms with van der Waals surface area (Å²) in [5.74, 6) is -1.79. The molecule has 0 amide bonds. The predicted molar refractivity (Wildman–Crippen MR) is 58.3 cm³/mol. The molecule has 0 unspecified atom stereocenters. The van der Waals surface area contributed by atoms with E-state index >= 15 is 0 Å². The summed E-state index contributed by atoms with van der Waals surface area (Å²) in [7, 11) is 0. The summed E-state index contributed by atoms with van der Waals surface area (Å²) >= 11 is 0. The molecular weight excluding hydrogens is 210 g/mol. The maximum absolute atomic E-state index is 10.8. The lowest BCUT2D eigenvalue weighted by Crippen LogP contribution is -2.42. The summed E-state index contributed by atoms with van der Waals surface area (Å²) in [5, 5.41) is 17.7. The Morgan fingerprint density at radius 2 is 1.56 bits per heavy atom. The van der Waals surface area contributed by atoms with Crippen LogP contribution in [0.5, 0.6) is 0 Å². The standard InChI is InChI=1S/C11H19NO4/c1-2-12-5-3-11(4-6-12,7-9(13)14)8-10(15)16/h2-8H2,1H3,(H,13,14)(H,15,16). The molecular formula is C11H19NO4. The molecule has 0 saturated carbocycles. The number of carbonyl (C=O) groups is 2. The lowest BCUT2D eigenvalue weighted by Gasteiger charge is -2.39. The highest BCUT2D eigenvalue weighted by atomic mass is 16.4. The number of carboxylic acid groups (broad SMARTS) is 2. The van der Waals surface area contributed by atoms with Crippen LogP contribution in [-0.2, 0) is 9.59 Å². The van der Waals surface area contributed by atoms with Crippen molar-refractivity contribution in [1.29, 1.82) is 0 Å². The van der Waals surface area contributed by atoms with E-state index in [1.807, 2.05) is 0 Å². The zero-order chi connectivity index (χ0) is 12.2. The monoisotopic (exact) mass is 229 g/mol. The number of likely N-dealkylation sites (tertiary alicyclic amines) is 1. The molecule has 1 aliphatic rings. The van der Waals surface area contributed by atoms with E-state index in [1.165, 1.54) is 0 Å². The molecule has 0 aromatic heterocycles. The van der Waals surface area contributed by atoms with Crippen molar-refractivity contribution in [2.45, 2.75) is 32.6 Å². The van der Waals surface area contributed by atoms with Gasteiger partial charge < -0.3 is 15.1 Å². The molecule has 0 bridgehead atoms. The van der Waals surface area contributed by atoms with Crippen LogP contribution >= 0.6 is 0 Å². The largest absolute Gasteiger partial charge is 0.481 e. The van der Waals surface area contributed by atoms with Crippen LogP contribution in [0.4, 0.5) is 0 Å². The van der Waals surface area contributed by atoms with Crippen LogP contribution in [0.2, 0.25) is 0 Å². The molecule has 0 aliphatic carbocycles. The molecule has 1 fully saturated rings. The molecule has 0 atom stereocenters. The first-order valence-electron chi connectivity index (χ1n) is 5.63. The Morgan fingerprint density at radius 3 is 1.88 bits per heavy atom. The highest BCUT2D eigenvalue weighted by Crippen LogP contribution is 2.38. The Balaban J connectivity index is 2.66. The van der Waals surface area contributed by atoms with Gasteiger partial charge in [-0.2, -0.15) is 0 Å². The molecule has 0 radical (unpaired) electrons. The topological polar surface area (TPSA) is 77.8 Å². The van der Waals surface area contributed by atoms with E-state index in [2.05, 4.69) is 11.8 Å². The number of carboxylic acids is 2. The van der Waals surface area contributed by atoms with Crippen molar-refractivity contribution < 1.29 is 19.8 Å². The van der Waals surface area contributed by atoms with Gasteiger partial charge in [0.2, 0.25) is 0 Å². The summed E-state index contributed by atoms with van der Waals surface area (Å²) < 4.78 is 0. The van der Waals surface area contributed by atoms with Gasteiger partial charge in [-0.3, -0.25) is 9.59 Å². The number of nitrogens with zero attached hydrogens (tertiary/aromatic N) is 1. The molecule has 16 heavy (non-hydrogen) atoms. The highest BCUT2D eigenvalue weighted by molar-refractivity contribution is 5.72. The average molecular weight is 229 g/mol. The summed E-state index contributed by atoms with van der Waals surface area (Å²) in [5.41, 5.74) is -0.538. The van der Waals surface area contributed by atoms with Crippen LogP contribution in [0.3, 0.4) is 0 Å². The minimum absolute atomic E-state index is 0.0309. The summed E-state index contributed by atoms with van der Waals surface area (Å²) in [4.78, 5) is 23.8. The van der Waals surface area contributed by atoms with Crippen LogP contribution in [0.25, 0.3) is 0 Å². The van der Waals surface area contributed by atoms with Crippen LogP contribution < -0.4 is 0 Å². The molecule has 0 aromatic rings. The zero-order valence-corrected chi connectivity index (χ0v) is 9.61. The van der Waals surface area contributed by atoms with Crippen molar-refractivity contribution in [3.63, 3.8) is 0 Å². The van der Waals surface area contributed by atoms with Crippen molar-refractivity contribution in [1.82, 2.24) is 4.90 Å². The molecule has 1 saturated heterocycles. The third kappa shape index (κ3) is 3.48. The zero-order valence-electron chi connectivity index (χ0n) is 9.61. The van der Waals surface area contributed by atoms with Gasteiger partial charge in [0.05, 0.1) is 12.8 Å². The van der Waals surface area contributed by atoms with Gasteiger partial charge in [0.15, 0.2) is 0 Å². The van der Waals surface area contributed by atoms with Crippen LogP contribution in [0, 0.1) is 5.41 Å². The van der Waals surface area contributed by atoms with Gasteiger partial charge in [0.1, 0.15) is 0 Å². The van der Waals surface area contributed by atoms with Gasteiger partial charge in [-0.15, -0.1) is 0 Å². The lowest BCUT2D eigenvalue weighted by molar-refractivity contribution is -0.145. The van der Waals surface area contributed by atoms with E-state index < -0.39 is 17.4 Å². The lowest BCUT2D eigenvalue weighted by atomic mass is 9.73. The molecule has 0 spiro atoms. The number of rotatable bonds is 5. The smallest absolute Gasteiger partial charge is 0.303 e. The van der Waals surface area contributed by atoms with Crippen LogP contribution in [0.1, 0.15) is 32.6 Å². The fraction of sp³-hybridized carbons (Fsp3) is 0.818. The predicted octanol–water partition coefficient (Wildman–Crippen LogP) is 1.04. The van der Waals surface area contributed by atoms with E-state index in [4.69, 9.17) is 10.2 Å². The van der Waals surface area contributed by atoms with Crippen LogP contribution in [0.15, 0.2) is 0 Å². The Hall–Kier alpha value is -1.10. The Kier molecular flexibility index (Phi) is 4.29. The first-order valence-corrected chi connectivity index (χ1v) is 5.63. The number of piperidine rings is 1. The Morgan fingerprint density at radius 1 is 1.12 bits per heavy atom. The van der Waals surface area contributed by atoms with Crippen molar-refractivity contribution >= 4 is 11.9 Å². The molecule has 5 heteroatoms. The van der Waals surface area contributed by atoms with Crippen molar-refractivity contribution in [3.05, 3.63) is 0 Å². The van der Waals surface area contributed by atoms with E-state index in [1.54, 1.807) is 0 Å². The number of hydrogen-bond acceptors (Lipinski definition) is 3. The molecule has 1 heterocycles. The quantitative estimate of drug-likeness (QED) is 0.736. The molecule has 2 N–H and O–H groups in total. The Labute approximate surface area is 95.1 Å². The van der Waals surface area contributed by atoms with E-state index in [0.717, 1.165) is 19.6 Å². The van der Waals surface area contributed by atoms with Crippen molar-refractivity contribution in [2.75, 3.05) is 19.6 Å². The van der Waals surface area contributed by atoms with Gasteiger partial charge in [-0.25, -0.2) is 0 Å².